The molecule has 0 saturated carbocycles. The van der Waals surface area contributed by atoms with E-state index in [9.17, 15) is 9.90 Å². The largest absolute Gasteiger partial charge is 0.462 e. The number of hydrogen-bond donors (Lipinski definition) is 1. The topological polar surface area (TPSA) is 55.8 Å². The molecule has 1 unspecified atom stereocenters. The van der Waals surface area contributed by atoms with Crippen LogP contribution < -0.4 is 0 Å². The van der Waals surface area contributed by atoms with Gasteiger partial charge in [0.15, 0.2) is 0 Å². The van der Waals surface area contributed by atoms with E-state index in [0.29, 0.717) is 0 Å². The van der Waals surface area contributed by atoms with Gasteiger partial charge >= 0.3 is 5.97 Å². The molecule has 0 bridgehead atoms. The van der Waals surface area contributed by atoms with Gasteiger partial charge in [0.25, 0.3) is 5.79 Å². The molecule has 0 aromatic heterocycles. The van der Waals surface area contributed by atoms with Crippen molar-refractivity contribution < 1.29 is 19.4 Å². The molecular formula is C12H16O4. The maximum Gasteiger partial charge on any atom is 0.366 e. The van der Waals surface area contributed by atoms with Crippen molar-refractivity contribution in [3.8, 4) is 0 Å². The fourth-order valence-electron chi connectivity index (χ4n) is 1.12. The fourth-order valence-corrected chi connectivity index (χ4v) is 1.12. The summed E-state index contributed by atoms with van der Waals surface area (Å²) in [5.74, 6) is -2.67. The van der Waals surface area contributed by atoms with Crippen LogP contribution in [-0.2, 0) is 20.9 Å². The first-order valence-electron chi connectivity index (χ1n) is 5.13. The SMILES string of the molecule is CCOC(=O)C(C)(O)OCc1ccccc1. The lowest BCUT2D eigenvalue weighted by Gasteiger charge is -2.21. The Kier molecular flexibility index (Phi) is 4.46. The number of carbonyl (C=O) groups is 1. The quantitative estimate of drug-likeness (QED) is 0.608. The molecule has 0 spiro atoms. The zero-order valence-electron chi connectivity index (χ0n) is 9.47. The van der Waals surface area contributed by atoms with Crippen molar-refractivity contribution in [1.82, 2.24) is 0 Å². The van der Waals surface area contributed by atoms with Crippen molar-refractivity contribution in [1.29, 1.82) is 0 Å². The summed E-state index contributed by atoms with van der Waals surface area (Å²) >= 11 is 0. The van der Waals surface area contributed by atoms with Gasteiger partial charge in [-0.15, -0.1) is 0 Å². The summed E-state index contributed by atoms with van der Waals surface area (Å²) in [4.78, 5) is 11.3. The lowest BCUT2D eigenvalue weighted by atomic mass is 10.2. The van der Waals surface area contributed by atoms with E-state index >= 15 is 0 Å². The Morgan fingerprint density at radius 3 is 2.56 bits per heavy atom. The third kappa shape index (κ3) is 3.64. The highest BCUT2D eigenvalue weighted by atomic mass is 16.7. The molecule has 1 aromatic rings. The zero-order valence-corrected chi connectivity index (χ0v) is 9.47. The van der Waals surface area contributed by atoms with Crippen LogP contribution >= 0.6 is 0 Å². The average Bonchev–Trinajstić information content (AvgIpc) is 2.28. The Morgan fingerprint density at radius 2 is 2.00 bits per heavy atom. The Bertz CT molecular complexity index is 332. The van der Waals surface area contributed by atoms with E-state index in [4.69, 9.17) is 4.74 Å². The molecule has 1 atom stereocenters. The molecule has 0 heterocycles. The lowest BCUT2D eigenvalue weighted by molar-refractivity contribution is -0.224. The molecule has 16 heavy (non-hydrogen) atoms. The standard InChI is InChI=1S/C12H16O4/c1-3-15-11(13)12(2,14)16-9-10-7-5-4-6-8-10/h4-8,14H,3,9H2,1-2H3. The summed E-state index contributed by atoms with van der Waals surface area (Å²) in [6.45, 7) is 3.31. The highest BCUT2D eigenvalue weighted by Gasteiger charge is 2.33. The molecular weight excluding hydrogens is 208 g/mol. The van der Waals surface area contributed by atoms with Crippen LogP contribution in [0.25, 0.3) is 0 Å². The molecule has 1 rings (SSSR count). The van der Waals surface area contributed by atoms with E-state index in [0.717, 1.165) is 5.56 Å². The number of hydrogen-bond acceptors (Lipinski definition) is 4. The number of esters is 1. The molecule has 1 N–H and O–H groups in total. The Morgan fingerprint density at radius 1 is 1.38 bits per heavy atom. The van der Waals surface area contributed by atoms with Crippen LogP contribution in [0.1, 0.15) is 19.4 Å². The molecule has 1 aromatic carbocycles. The van der Waals surface area contributed by atoms with Gasteiger partial charge in [-0.1, -0.05) is 30.3 Å². The number of benzene rings is 1. The maximum absolute atomic E-state index is 11.3. The minimum absolute atomic E-state index is 0.159. The van der Waals surface area contributed by atoms with Gasteiger partial charge in [-0.3, -0.25) is 0 Å². The van der Waals surface area contributed by atoms with Gasteiger partial charge in [0.2, 0.25) is 0 Å². The molecule has 0 aliphatic rings. The van der Waals surface area contributed by atoms with Gasteiger partial charge in [-0.2, -0.15) is 0 Å². The number of carbonyl (C=O) groups excluding carboxylic acids is 1. The third-order valence-corrected chi connectivity index (χ3v) is 2.02. The molecule has 0 radical (unpaired) electrons. The summed E-state index contributed by atoms with van der Waals surface area (Å²) in [5.41, 5.74) is 0.882. The highest BCUT2D eigenvalue weighted by Crippen LogP contribution is 2.12. The molecule has 0 aliphatic carbocycles. The maximum atomic E-state index is 11.3. The first kappa shape index (κ1) is 12.7. The Hall–Kier alpha value is -1.39. The van der Waals surface area contributed by atoms with E-state index < -0.39 is 11.8 Å². The van der Waals surface area contributed by atoms with Gasteiger partial charge < -0.3 is 14.6 Å². The summed E-state index contributed by atoms with van der Waals surface area (Å²) in [5, 5.41) is 9.68. The Balaban J connectivity index is 2.51. The van der Waals surface area contributed by atoms with E-state index in [1.165, 1.54) is 6.92 Å². The first-order chi connectivity index (χ1) is 7.56. The van der Waals surface area contributed by atoms with Crippen LogP contribution in [0.5, 0.6) is 0 Å². The second-order valence-electron chi connectivity index (χ2n) is 3.48. The van der Waals surface area contributed by atoms with Gasteiger partial charge in [-0.25, -0.2) is 4.79 Å². The Labute approximate surface area is 94.8 Å². The summed E-state index contributed by atoms with van der Waals surface area (Å²) in [6, 6.07) is 9.30. The van der Waals surface area contributed by atoms with Crippen molar-refractivity contribution in [2.24, 2.45) is 0 Å². The summed E-state index contributed by atoms with van der Waals surface area (Å²) in [6.07, 6.45) is 0. The van der Waals surface area contributed by atoms with Crippen molar-refractivity contribution in [3.63, 3.8) is 0 Å². The monoisotopic (exact) mass is 224 g/mol. The van der Waals surface area contributed by atoms with Crippen LogP contribution in [-0.4, -0.2) is 23.5 Å². The van der Waals surface area contributed by atoms with E-state index in [1.807, 2.05) is 30.3 Å². The van der Waals surface area contributed by atoms with Gasteiger partial charge in [0, 0.05) is 6.92 Å². The second kappa shape index (κ2) is 5.63. The molecule has 4 heteroatoms. The van der Waals surface area contributed by atoms with Crippen molar-refractivity contribution in [2.75, 3.05) is 6.61 Å². The van der Waals surface area contributed by atoms with Crippen LogP contribution in [0.15, 0.2) is 30.3 Å². The predicted molar refractivity (Wildman–Crippen MR) is 58.5 cm³/mol. The van der Waals surface area contributed by atoms with Crippen LogP contribution in [0, 0.1) is 0 Å². The van der Waals surface area contributed by atoms with Crippen molar-refractivity contribution in [3.05, 3.63) is 35.9 Å². The number of rotatable bonds is 5. The molecule has 0 saturated heterocycles. The normalized spacial score (nSPS) is 14.2. The van der Waals surface area contributed by atoms with Crippen LogP contribution in [0.3, 0.4) is 0 Å². The zero-order chi connectivity index (χ0) is 12.0. The van der Waals surface area contributed by atoms with Crippen LogP contribution in [0.2, 0.25) is 0 Å². The number of ether oxygens (including phenoxy) is 2. The molecule has 4 nitrogen and oxygen atoms in total. The van der Waals surface area contributed by atoms with E-state index in [1.54, 1.807) is 6.92 Å². The van der Waals surface area contributed by atoms with Crippen molar-refractivity contribution in [2.45, 2.75) is 26.2 Å². The van der Waals surface area contributed by atoms with Gasteiger partial charge in [0.05, 0.1) is 13.2 Å². The minimum Gasteiger partial charge on any atom is -0.462 e. The minimum atomic E-state index is -1.90. The predicted octanol–water partition coefficient (Wildman–Crippen LogP) is 1.47. The van der Waals surface area contributed by atoms with Crippen LogP contribution in [0.4, 0.5) is 0 Å². The fraction of sp³-hybridized carbons (Fsp3) is 0.417. The third-order valence-electron chi connectivity index (χ3n) is 2.02. The first-order valence-corrected chi connectivity index (χ1v) is 5.13. The average molecular weight is 224 g/mol. The van der Waals surface area contributed by atoms with E-state index in [-0.39, 0.29) is 13.2 Å². The number of aliphatic hydroxyl groups is 1. The summed E-state index contributed by atoms with van der Waals surface area (Å²) in [7, 11) is 0. The summed E-state index contributed by atoms with van der Waals surface area (Å²) < 4.78 is 9.79. The van der Waals surface area contributed by atoms with Crippen molar-refractivity contribution >= 4 is 5.97 Å². The second-order valence-corrected chi connectivity index (χ2v) is 3.48. The lowest BCUT2D eigenvalue weighted by Crippen LogP contribution is -2.39. The van der Waals surface area contributed by atoms with Gasteiger partial charge in [-0.05, 0) is 12.5 Å². The smallest absolute Gasteiger partial charge is 0.366 e. The van der Waals surface area contributed by atoms with Gasteiger partial charge in [0.1, 0.15) is 0 Å². The highest BCUT2D eigenvalue weighted by molar-refractivity contribution is 5.76. The molecule has 0 amide bonds. The van der Waals surface area contributed by atoms with E-state index in [2.05, 4.69) is 4.74 Å². The molecule has 0 fully saturated rings. The molecule has 88 valence electrons. The molecule has 0 aliphatic heterocycles.